The van der Waals surface area contributed by atoms with E-state index in [0.717, 1.165) is 32.1 Å². The van der Waals surface area contributed by atoms with Gasteiger partial charge in [0.1, 0.15) is 6.10 Å². The quantitative estimate of drug-likeness (QED) is 0.0637. The maximum Gasteiger partial charge on any atom is 0.335 e. The Morgan fingerprint density at radius 1 is 0.600 bits per heavy atom. The van der Waals surface area contributed by atoms with E-state index in [2.05, 4.69) is 13.8 Å². The second kappa shape index (κ2) is 30.8. The number of carbonyl (C=O) groups excluding carboxylic acids is 1. The minimum Gasteiger partial charge on any atom is -0.479 e. The highest BCUT2D eigenvalue weighted by molar-refractivity contribution is 5.76. The molecule has 0 rings (SSSR count). The molecule has 0 aromatic heterocycles. The summed E-state index contributed by atoms with van der Waals surface area (Å²) in [6, 6.07) is 0. The molecule has 0 saturated heterocycles. The summed E-state index contributed by atoms with van der Waals surface area (Å²) >= 11 is 0. The molecule has 0 spiro atoms. The molecule has 3 N–H and O–H groups in total. The van der Waals surface area contributed by atoms with Crippen LogP contribution in [0.2, 0.25) is 0 Å². The largest absolute Gasteiger partial charge is 0.479 e. The normalized spacial score (nSPS) is 13.2. The van der Waals surface area contributed by atoms with Crippen LogP contribution in [0.3, 0.4) is 0 Å². The fourth-order valence-electron chi connectivity index (χ4n) is 4.65. The first kappa shape index (κ1) is 41.0. The molecule has 0 radical (unpaired) electrons. The molecule has 240 valence electrons. The smallest absolute Gasteiger partial charge is 0.335 e. The van der Waals surface area contributed by atoms with Gasteiger partial charge in [0, 0.05) is 0 Å². The van der Waals surface area contributed by atoms with E-state index in [9.17, 15) is 14.7 Å². The lowest BCUT2D eigenvalue weighted by Gasteiger charge is -2.17. The van der Waals surface area contributed by atoms with Crippen LogP contribution >= 0.6 is 0 Å². The van der Waals surface area contributed by atoms with E-state index in [4.69, 9.17) is 14.9 Å². The molecule has 0 amide bonds. The third-order valence-electron chi connectivity index (χ3n) is 7.56. The molecular weight excluding hydrogens is 504 g/mol. The van der Waals surface area contributed by atoms with Crippen molar-refractivity contribution in [3.05, 3.63) is 0 Å². The summed E-state index contributed by atoms with van der Waals surface area (Å²) in [5, 5.41) is 27.3. The number of aliphatic hydroxyl groups excluding tert-OH is 1. The van der Waals surface area contributed by atoms with Gasteiger partial charge in [-0.2, -0.15) is 0 Å². The van der Waals surface area contributed by atoms with Crippen molar-refractivity contribution in [1.29, 1.82) is 0 Å². The summed E-state index contributed by atoms with van der Waals surface area (Å²) in [6.45, 7) is 7.76. The Kier molecular flexibility index (Phi) is 31.6. The number of carboxylic acid groups (broad SMARTS) is 1. The average Bonchev–Trinajstić information content (AvgIpc) is 2.92. The summed E-state index contributed by atoms with van der Waals surface area (Å²) in [4.78, 5) is 21.7. The Morgan fingerprint density at radius 2 is 0.900 bits per heavy atom. The van der Waals surface area contributed by atoms with E-state index in [0.29, 0.717) is 13.0 Å². The van der Waals surface area contributed by atoms with Crippen molar-refractivity contribution < 1.29 is 29.6 Å². The number of aliphatic hydroxyl groups is 2. The van der Waals surface area contributed by atoms with E-state index >= 15 is 0 Å². The van der Waals surface area contributed by atoms with E-state index in [1.54, 1.807) is 0 Å². The highest BCUT2D eigenvalue weighted by Gasteiger charge is 2.28. The Labute approximate surface area is 248 Å². The van der Waals surface area contributed by atoms with E-state index < -0.39 is 23.6 Å². The van der Waals surface area contributed by atoms with Crippen molar-refractivity contribution in [3.8, 4) is 0 Å². The third kappa shape index (κ3) is 31.4. The van der Waals surface area contributed by atoms with Gasteiger partial charge in [-0.15, -0.1) is 0 Å². The predicted octanol–water partition coefficient (Wildman–Crippen LogP) is 9.52. The van der Waals surface area contributed by atoms with Gasteiger partial charge in [-0.1, -0.05) is 155 Å². The van der Waals surface area contributed by atoms with Crippen LogP contribution in [0, 0.1) is 0 Å². The van der Waals surface area contributed by atoms with E-state index in [-0.39, 0.29) is 0 Å². The van der Waals surface area contributed by atoms with Crippen molar-refractivity contribution in [1.82, 2.24) is 0 Å². The number of hydrogen-bond donors (Lipinski definition) is 3. The molecule has 0 fully saturated rings. The monoisotopic (exact) mass is 573 g/mol. The molecule has 40 heavy (non-hydrogen) atoms. The molecule has 0 aliphatic carbocycles. The van der Waals surface area contributed by atoms with Crippen molar-refractivity contribution in [2.45, 2.75) is 200 Å². The lowest BCUT2D eigenvalue weighted by atomic mass is 9.97. The Balaban J connectivity index is 0. The van der Waals surface area contributed by atoms with E-state index in [1.807, 2.05) is 0 Å². The highest BCUT2D eigenvalue weighted by Crippen LogP contribution is 2.17. The average molecular weight is 573 g/mol. The third-order valence-corrected chi connectivity index (χ3v) is 7.56. The fraction of sp³-hybridized carbons (Fsp3) is 0.941. The van der Waals surface area contributed by atoms with Crippen molar-refractivity contribution in [2.24, 2.45) is 0 Å². The van der Waals surface area contributed by atoms with Crippen LogP contribution in [0.5, 0.6) is 0 Å². The molecule has 6 nitrogen and oxygen atoms in total. The minimum absolute atomic E-state index is 0.361. The van der Waals surface area contributed by atoms with Gasteiger partial charge in [-0.05, 0) is 33.1 Å². The number of rotatable bonds is 28. The molecule has 0 aromatic rings. The molecule has 0 aromatic carbocycles. The molecule has 6 heteroatoms. The zero-order chi connectivity index (χ0) is 30.3. The molecule has 0 heterocycles. The number of aliphatic carboxylic acids is 1. The summed E-state index contributed by atoms with van der Waals surface area (Å²) < 4.78 is 4.91. The zero-order valence-electron chi connectivity index (χ0n) is 27.0. The molecule has 0 aliphatic rings. The zero-order valence-corrected chi connectivity index (χ0v) is 27.0. The Morgan fingerprint density at radius 3 is 1.20 bits per heavy atom. The highest BCUT2D eigenvalue weighted by atomic mass is 16.5. The fourth-order valence-corrected chi connectivity index (χ4v) is 4.65. The van der Waals surface area contributed by atoms with E-state index in [1.165, 1.54) is 136 Å². The van der Waals surface area contributed by atoms with Crippen LogP contribution in [-0.4, -0.2) is 45.6 Å². The molecule has 2 atom stereocenters. The second-order valence-corrected chi connectivity index (χ2v) is 12.0. The second-order valence-electron chi connectivity index (χ2n) is 12.0. The van der Waals surface area contributed by atoms with Crippen molar-refractivity contribution in [3.63, 3.8) is 0 Å². The van der Waals surface area contributed by atoms with Crippen molar-refractivity contribution in [2.75, 3.05) is 6.61 Å². The number of unbranched alkanes of at least 4 members (excludes halogenated alkanes) is 22. The van der Waals surface area contributed by atoms with Crippen LogP contribution in [0.25, 0.3) is 0 Å². The lowest BCUT2D eigenvalue weighted by Crippen LogP contribution is -2.34. The van der Waals surface area contributed by atoms with Gasteiger partial charge in [-0.3, -0.25) is 0 Å². The number of esters is 1. The van der Waals surface area contributed by atoms with Gasteiger partial charge in [0.25, 0.3) is 0 Å². The summed E-state index contributed by atoms with van der Waals surface area (Å²) in [7, 11) is 0. The molecule has 0 aliphatic heterocycles. The SMILES string of the molecule is CCCCCCCCCCCCCCC(C)(O)C(=O)O.CCCCCCCCCCCCCCOC(=O)C(C)O. The molecule has 0 saturated carbocycles. The molecule has 2 unspecified atom stereocenters. The van der Waals surface area contributed by atoms with Gasteiger partial charge < -0.3 is 20.1 Å². The first-order valence-corrected chi connectivity index (χ1v) is 17.0. The van der Waals surface area contributed by atoms with Gasteiger partial charge in [0.2, 0.25) is 0 Å². The lowest BCUT2D eigenvalue weighted by molar-refractivity contribution is -0.157. The topological polar surface area (TPSA) is 104 Å². The molecule has 0 bridgehead atoms. The van der Waals surface area contributed by atoms with Crippen LogP contribution in [0.4, 0.5) is 0 Å². The number of carbonyl (C=O) groups is 2. The van der Waals surface area contributed by atoms with Gasteiger partial charge in [0.15, 0.2) is 5.60 Å². The molecular formula is C34H68O6. The predicted molar refractivity (Wildman–Crippen MR) is 168 cm³/mol. The maximum atomic E-state index is 11.0. The summed E-state index contributed by atoms with van der Waals surface area (Å²) in [5.41, 5.74) is -1.54. The van der Waals surface area contributed by atoms with Crippen LogP contribution in [0.15, 0.2) is 0 Å². The Hall–Kier alpha value is -1.14. The Bertz CT molecular complexity index is 545. The van der Waals surface area contributed by atoms with Crippen LogP contribution < -0.4 is 0 Å². The standard InChI is InChI=1S/2C17H34O3/c1-3-4-5-6-7-8-9-10-11-12-13-14-15-17(2,20)16(18)19;1-3-4-5-6-7-8-9-10-11-12-13-14-15-20-17(19)16(2)18/h20H,3-15H2,1-2H3,(H,18,19);16,18H,3-15H2,1-2H3. The van der Waals surface area contributed by atoms with Gasteiger partial charge in [0.05, 0.1) is 6.61 Å². The minimum atomic E-state index is -1.54. The first-order chi connectivity index (χ1) is 19.2. The van der Waals surface area contributed by atoms with Gasteiger partial charge in [-0.25, -0.2) is 9.59 Å². The number of ether oxygens (including phenoxy) is 1. The van der Waals surface area contributed by atoms with Crippen LogP contribution in [0.1, 0.15) is 188 Å². The number of hydrogen-bond acceptors (Lipinski definition) is 5. The maximum absolute atomic E-state index is 11.0. The summed E-state index contributed by atoms with van der Waals surface area (Å²) in [6.07, 6.45) is 30.0. The number of carboxylic acids is 1. The van der Waals surface area contributed by atoms with Crippen molar-refractivity contribution >= 4 is 11.9 Å². The van der Waals surface area contributed by atoms with Crippen LogP contribution in [-0.2, 0) is 14.3 Å². The first-order valence-electron chi connectivity index (χ1n) is 17.0. The van der Waals surface area contributed by atoms with Gasteiger partial charge >= 0.3 is 11.9 Å². The summed E-state index contributed by atoms with van der Waals surface area (Å²) in [5.74, 6) is -1.62.